The van der Waals surface area contributed by atoms with Crippen molar-refractivity contribution < 1.29 is 9.21 Å². The number of hydrogen-bond acceptors (Lipinski definition) is 4. The summed E-state index contributed by atoms with van der Waals surface area (Å²) in [7, 11) is 1.67. The van der Waals surface area contributed by atoms with Crippen molar-refractivity contribution in [3.8, 4) is 0 Å². The highest BCUT2D eigenvalue weighted by Crippen LogP contribution is 2.25. The molecule has 0 radical (unpaired) electrons. The molecule has 2 rings (SSSR count). The summed E-state index contributed by atoms with van der Waals surface area (Å²) in [5.74, 6) is 1.86. The summed E-state index contributed by atoms with van der Waals surface area (Å²) >= 11 is 0. The number of carbonyl (C=O) groups excluding carboxylic acids is 1. The molecule has 0 fully saturated rings. The highest BCUT2D eigenvalue weighted by atomic mass is 16.4. The van der Waals surface area contributed by atoms with Crippen LogP contribution in [-0.2, 0) is 11.2 Å². The summed E-state index contributed by atoms with van der Waals surface area (Å²) in [6.45, 7) is 1.77. The van der Waals surface area contributed by atoms with Crippen LogP contribution in [-0.4, -0.2) is 24.0 Å². The Labute approximate surface area is 81.9 Å². The molecule has 1 aliphatic heterocycles. The number of anilines is 1. The zero-order chi connectivity index (χ0) is 10.3. The Kier molecular flexibility index (Phi) is 2.03. The quantitative estimate of drug-likeness (QED) is 0.642. The van der Waals surface area contributed by atoms with Crippen molar-refractivity contribution in [2.24, 2.45) is 5.73 Å². The van der Waals surface area contributed by atoms with E-state index in [4.69, 9.17) is 10.2 Å². The van der Waals surface area contributed by atoms with Crippen molar-refractivity contribution >= 4 is 11.7 Å². The number of amides is 1. The molecular weight excluding hydrogens is 182 g/mol. The predicted molar refractivity (Wildman–Crippen MR) is 50.9 cm³/mol. The molecule has 1 atom stereocenters. The molecular formula is C9H13N3O2. The molecule has 1 aromatic heterocycles. The van der Waals surface area contributed by atoms with E-state index in [1.807, 2.05) is 0 Å². The lowest BCUT2D eigenvalue weighted by molar-refractivity contribution is -0.119. The van der Waals surface area contributed by atoms with Crippen LogP contribution in [0.3, 0.4) is 0 Å². The lowest BCUT2D eigenvalue weighted by atomic mass is 10.1. The number of rotatable bonds is 0. The molecule has 76 valence electrons. The minimum absolute atomic E-state index is 0.1000. The summed E-state index contributed by atoms with van der Waals surface area (Å²) in [4.78, 5) is 17.3. The van der Waals surface area contributed by atoms with Crippen molar-refractivity contribution in [3.63, 3.8) is 0 Å². The number of likely N-dealkylation sites (N-methyl/N-ethyl adjacent to an activating group) is 1. The first kappa shape index (κ1) is 9.21. The summed E-state index contributed by atoms with van der Waals surface area (Å²) in [6.07, 6.45) is 1.29. The molecule has 1 unspecified atom stereocenters. The van der Waals surface area contributed by atoms with E-state index in [0.717, 1.165) is 5.76 Å². The van der Waals surface area contributed by atoms with Crippen LogP contribution < -0.4 is 10.6 Å². The van der Waals surface area contributed by atoms with E-state index in [2.05, 4.69) is 4.98 Å². The topological polar surface area (TPSA) is 72.4 Å². The zero-order valence-electron chi connectivity index (χ0n) is 8.28. The molecule has 2 heterocycles. The van der Waals surface area contributed by atoms with Gasteiger partial charge in [-0.1, -0.05) is 0 Å². The third kappa shape index (κ3) is 1.29. The van der Waals surface area contributed by atoms with Gasteiger partial charge in [0.1, 0.15) is 5.76 Å². The number of aromatic nitrogens is 1. The van der Waals surface area contributed by atoms with Gasteiger partial charge in [0.25, 0.3) is 0 Å². The Bertz CT molecular complexity index is 372. The SMILES string of the molecule is Cc1nc2c(o1)CCC(N)C(=O)N2C. The zero-order valence-corrected chi connectivity index (χ0v) is 8.28. The van der Waals surface area contributed by atoms with Crippen molar-refractivity contribution in [3.05, 3.63) is 11.7 Å². The molecule has 0 saturated carbocycles. The Morgan fingerprint density at radius 3 is 3.07 bits per heavy atom. The van der Waals surface area contributed by atoms with Gasteiger partial charge in [0.2, 0.25) is 5.91 Å². The molecule has 0 bridgehead atoms. The van der Waals surface area contributed by atoms with Crippen LogP contribution in [0, 0.1) is 6.92 Å². The summed E-state index contributed by atoms with van der Waals surface area (Å²) in [5.41, 5.74) is 5.68. The van der Waals surface area contributed by atoms with Gasteiger partial charge in [-0.25, -0.2) is 0 Å². The lowest BCUT2D eigenvalue weighted by Gasteiger charge is -2.15. The first-order valence-corrected chi connectivity index (χ1v) is 4.59. The van der Waals surface area contributed by atoms with Crippen molar-refractivity contribution in [1.29, 1.82) is 0 Å². The van der Waals surface area contributed by atoms with Gasteiger partial charge in [0.05, 0.1) is 6.04 Å². The Hall–Kier alpha value is -1.36. The first-order valence-electron chi connectivity index (χ1n) is 4.59. The van der Waals surface area contributed by atoms with Crippen LogP contribution in [0.5, 0.6) is 0 Å². The van der Waals surface area contributed by atoms with Crippen LogP contribution >= 0.6 is 0 Å². The van der Waals surface area contributed by atoms with Crippen molar-refractivity contribution in [2.45, 2.75) is 25.8 Å². The third-order valence-electron chi connectivity index (χ3n) is 2.43. The lowest BCUT2D eigenvalue weighted by Crippen LogP contribution is -2.40. The second-order valence-electron chi connectivity index (χ2n) is 3.52. The monoisotopic (exact) mass is 195 g/mol. The van der Waals surface area contributed by atoms with Crippen LogP contribution in [0.15, 0.2) is 4.42 Å². The summed E-state index contributed by atoms with van der Waals surface area (Å²) in [5, 5.41) is 0. The van der Waals surface area contributed by atoms with Gasteiger partial charge in [-0.2, -0.15) is 4.98 Å². The van der Waals surface area contributed by atoms with Crippen LogP contribution in [0.4, 0.5) is 5.82 Å². The van der Waals surface area contributed by atoms with Gasteiger partial charge in [-0.3, -0.25) is 9.69 Å². The number of carbonyl (C=O) groups is 1. The fraction of sp³-hybridized carbons (Fsp3) is 0.556. The standard InChI is InChI=1S/C9H13N3O2/c1-5-11-8-7(14-5)4-3-6(10)9(13)12(8)2/h6H,3-4,10H2,1-2H3. The van der Waals surface area contributed by atoms with E-state index in [0.29, 0.717) is 24.6 Å². The minimum Gasteiger partial charge on any atom is -0.444 e. The molecule has 0 aromatic carbocycles. The molecule has 0 spiro atoms. The minimum atomic E-state index is -0.440. The smallest absolute Gasteiger partial charge is 0.244 e. The normalized spacial score (nSPS) is 22.1. The molecule has 0 saturated heterocycles. The van der Waals surface area contributed by atoms with Gasteiger partial charge in [0.15, 0.2) is 11.7 Å². The Morgan fingerprint density at radius 2 is 2.36 bits per heavy atom. The summed E-state index contributed by atoms with van der Waals surface area (Å²) < 4.78 is 5.39. The maximum Gasteiger partial charge on any atom is 0.244 e. The third-order valence-corrected chi connectivity index (χ3v) is 2.43. The fourth-order valence-corrected chi connectivity index (χ4v) is 1.65. The number of nitrogens with two attached hydrogens (primary N) is 1. The maximum atomic E-state index is 11.6. The van der Waals surface area contributed by atoms with Crippen molar-refractivity contribution in [1.82, 2.24) is 4.98 Å². The number of hydrogen-bond donors (Lipinski definition) is 1. The Balaban J connectivity index is 2.43. The average Bonchev–Trinajstić information content (AvgIpc) is 2.49. The van der Waals surface area contributed by atoms with Gasteiger partial charge < -0.3 is 10.2 Å². The molecule has 5 heteroatoms. The molecule has 1 amide bonds. The maximum absolute atomic E-state index is 11.6. The molecule has 1 aliphatic rings. The number of aryl methyl sites for hydroxylation is 2. The van der Waals surface area contributed by atoms with E-state index in [1.54, 1.807) is 14.0 Å². The van der Waals surface area contributed by atoms with Gasteiger partial charge in [0, 0.05) is 20.4 Å². The first-order chi connectivity index (χ1) is 6.59. The summed E-state index contributed by atoms with van der Waals surface area (Å²) in [6, 6.07) is -0.440. The number of oxazole rings is 1. The van der Waals surface area contributed by atoms with E-state index < -0.39 is 6.04 Å². The second kappa shape index (κ2) is 3.09. The van der Waals surface area contributed by atoms with E-state index >= 15 is 0 Å². The van der Waals surface area contributed by atoms with Gasteiger partial charge in [-0.05, 0) is 6.42 Å². The fourth-order valence-electron chi connectivity index (χ4n) is 1.65. The highest BCUT2D eigenvalue weighted by Gasteiger charge is 2.28. The van der Waals surface area contributed by atoms with Gasteiger partial charge >= 0.3 is 0 Å². The van der Waals surface area contributed by atoms with Crippen LogP contribution in [0.2, 0.25) is 0 Å². The average molecular weight is 195 g/mol. The molecule has 1 aromatic rings. The second-order valence-corrected chi connectivity index (χ2v) is 3.52. The number of nitrogens with zero attached hydrogens (tertiary/aromatic N) is 2. The van der Waals surface area contributed by atoms with Crippen molar-refractivity contribution in [2.75, 3.05) is 11.9 Å². The molecule has 14 heavy (non-hydrogen) atoms. The van der Waals surface area contributed by atoms with E-state index in [-0.39, 0.29) is 5.91 Å². The number of fused-ring (bicyclic) bond motifs is 1. The van der Waals surface area contributed by atoms with E-state index in [1.165, 1.54) is 4.90 Å². The molecule has 2 N–H and O–H groups in total. The largest absolute Gasteiger partial charge is 0.444 e. The Morgan fingerprint density at radius 1 is 1.64 bits per heavy atom. The molecule has 0 aliphatic carbocycles. The highest BCUT2D eigenvalue weighted by molar-refractivity contribution is 5.96. The predicted octanol–water partition coefficient (Wildman–Crippen LogP) is 0.219. The van der Waals surface area contributed by atoms with Crippen LogP contribution in [0.25, 0.3) is 0 Å². The molecule has 5 nitrogen and oxygen atoms in total. The van der Waals surface area contributed by atoms with E-state index in [9.17, 15) is 4.79 Å². The van der Waals surface area contributed by atoms with Crippen LogP contribution in [0.1, 0.15) is 18.1 Å². The van der Waals surface area contributed by atoms with Gasteiger partial charge in [-0.15, -0.1) is 0 Å².